The Labute approximate surface area is 204 Å². The zero-order chi connectivity index (χ0) is 23.9. The van der Waals surface area contributed by atoms with Gasteiger partial charge in [0.1, 0.15) is 5.70 Å². The Kier molecular flexibility index (Phi) is 7.35. The number of carbonyl (C=O) groups is 2. The molecule has 0 saturated heterocycles. The predicted molar refractivity (Wildman–Crippen MR) is 139 cm³/mol. The normalized spacial score (nSPS) is 12.1. The Morgan fingerprint density at radius 3 is 2.15 bits per heavy atom. The molecular formula is C29H26N2O2S. The van der Waals surface area contributed by atoms with Gasteiger partial charge in [0.05, 0.1) is 6.04 Å². The van der Waals surface area contributed by atoms with Crippen molar-refractivity contribution >= 4 is 29.2 Å². The summed E-state index contributed by atoms with van der Waals surface area (Å²) >= 11 is 1.50. The summed E-state index contributed by atoms with van der Waals surface area (Å²) in [6.45, 7) is 3.91. The number of nitrogens with one attached hydrogen (secondary N) is 2. The van der Waals surface area contributed by atoms with E-state index in [1.54, 1.807) is 12.1 Å². The molecule has 0 aliphatic heterocycles. The molecule has 0 aliphatic rings. The van der Waals surface area contributed by atoms with Gasteiger partial charge < -0.3 is 10.6 Å². The van der Waals surface area contributed by atoms with Crippen LogP contribution in [0.25, 0.3) is 6.08 Å². The zero-order valence-electron chi connectivity index (χ0n) is 19.1. The van der Waals surface area contributed by atoms with Crippen molar-refractivity contribution in [3.63, 3.8) is 0 Å². The number of thiophene rings is 1. The van der Waals surface area contributed by atoms with E-state index in [2.05, 4.69) is 10.6 Å². The van der Waals surface area contributed by atoms with Crippen molar-refractivity contribution in [3.8, 4) is 0 Å². The Balaban J connectivity index is 1.66. The zero-order valence-corrected chi connectivity index (χ0v) is 19.9. The van der Waals surface area contributed by atoms with E-state index in [1.807, 2.05) is 104 Å². The fraction of sp³-hybridized carbons (Fsp3) is 0.103. The van der Waals surface area contributed by atoms with Crippen LogP contribution in [0.2, 0.25) is 0 Å². The van der Waals surface area contributed by atoms with Gasteiger partial charge in [-0.2, -0.15) is 0 Å². The second-order valence-corrected chi connectivity index (χ2v) is 9.05. The molecule has 1 aromatic heterocycles. The summed E-state index contributed by atoms with van der Waals surface area (Å²) in [6, 6.07) is 28.7. The van der Waals surface area contributed by atoms with Gasteiger partial charge in [-0.25, -0.2) is 0 Å². The predicted octanol–water partition coefficient (Wildman–Crippen LogP) is 6.04. The van der Waals surface area contributed by atoms with Crippen LogP contribution in [0.15, 0.2) is 102 Å². The third-order valence-corrected chi connectivity index (χ3v) is 6.35. The lowest BCUT2D eigenvalue weighted by Gasteiger charge is -2.21. The molecule has 0 radical (unpaired) electrons. The maximum Gasteiger partial charge on any atom is 0.268 e. The number of hydrogen-bond donors (Lipinski definition) is 2. The van der Waals surface area contributed by atoms with Crippen LogP contribution >= 0.6 is 11.3 Å². The van der Waals surface area contributed by atoms with E-state index in [-0.39, 0.29) is 23.6 Å². The van der Waals surface area contributed by atoms with Crippen LogP contribution in [0.3, 0.4) is 0 Å². The van der Waals surface area contributed by atoms with Crippen molar-refractivity contribution in [2.24, 2.45) is 0 Å². The second kappa shape index (κ2) is 10.8. The quantitative estimate of drug-likeness (QED) is 0.326. The van der Waals surface area contributed by atoms with Crippen molar-refractivity contribution < 1.29 is 9.59 Å². The highest BCUT2D eigenvalue weighted by atomic mass is 32.1. The monoisotopic (exact) mass is 466 g/mol. The summed E-state index contributed by atoms with van der Waals surface area (Å²) in [4.78, 5) is 27.5. The summed E-state index contributed by atoms with van der Waals surface area (Å²) < 4.78 is 0. The highest BCUT2D eigenvalue weighted by molar-refractivity contribution is 7.10. The summed E-state index contributed by atoms with van der Waals surface area (Å²) in [5.74, 6) is -0.674. The third kappa shape index (κ3) is 5.69. The fourth-order valence-corrected chi connectivity index (χ4v) is 4.32. The molecule has 1 unspecified atom stereocenters. The number of aryl methyl sites for hydroxylation is 2. The highest BCUT2D eigenvalue weighted by Crippen LogP contribution is 2.23. The van der Waals surface area contributed by atoms with Gasteiger partial charge in [0.15, 0.2) is 0 Å². The van der Waals surface area contributed by atoms with Crippen LogP contribution in [-0.2, 0) is 4.79 Å². The van der Waals surface area contributed by atoms with Crippen LogP contribution < -0.4 is 10.6 Å². The lowest BCUT2D eigenvalue weighted by atomic mass is 9.97. The van der Waals surface area contributed by atoms with E-state index >= 15 is 0 Å². The molecule has 0 spiro atoms. The van der Waals surface area contributed by atoms with Crippen molar-refractivity contribution in [1.29, 1.82) is 0 Å². The summed E-state index contributed by atoms with van der Waals surface area (Å²) in [7, 11) is 0. The Morgan fingerprint density at radius 1 is 0.794 bits per heavy atom. The van der Waals surface area contributed by atoms with Crippen molar-refractivity contribution in [3.05, 3.63) is 135 Å². The van der Waals surface area contributed by atoms with Gasteiger partial charge >= 0.3 is 0 Å². The van der Waals surface area contributed by atoms with E-state index in [0.717, 1.165) is 27.1 Å². The first-order chi connectivity index (χ1) is 16.5. The standard InChI is InChI=1S/C29H26N2O2S/c1-20-14-16-23(17-15-20)27(22-10-4-3-5-11-22)31-29(33)26(19-24-12-8-18-34-24)30-28(32)25-13-7-6-9-21(25)2/h3-19,27H,1-2H3,(H,30,32)(H,31,33)/b26-19-. The van der Waals surface area contributed by atoms with Gasteiger partial charge in [0.25, 0.3) is 11.8 Å². The number of amides is 2. The van der Waals surface area contributed by atoms with Crippen LogP contribution in [0.5, 0.6) is 0 Å². The van der Waals surface area contributed by atoms with Gasteiger partial charge in [-0.1, -0.05) is 84.4 Å². The number of benzene rings is 3. The molecule has 3 aromatic carbocycles. The summed E-state index contributed by atoms with van der Waals surface area (Å²) in [5, 5.41) is 7.92. The number of carbonyl (C=O) groups excluding carboxylic acids is 2. The maximum absolute atomic E-state index is 13.6. The summed E-state index contributed by atoms with van der Waals surface area (Å²) in [5.41, 5.74) is 4.64. The van der Waals surface area contributed by atoms with Crippen molar-refractivity contribution in [2.45, 2.75) is 19.9 Å². The average molecular weight is 467 g/mol. The molecule has 0 bridgehead atoms. The Bertz CT molecular complexity index is 1290. The lowest BCUT2D eigenvalue weighted by molar-refractivity contribution is -0.118. The first-order valence-corrected chi connectivity index (χ1v) is 11.9. The fourth-order valence-electron chi connectivity index (χ4n) is 3.66. The largest absolute Gasteiger partial charge is 0.340 e. The third-order valence-electron chi connectivity index (χ3n) is 5.53. The molecule has 170 valence electrons. The first-order valence-electron chi connectivity index (χ1n) is 11.1. The Morgan fingerprint density at radius 2 is 1.47 bits per heavy atom. The molecule has 4 rings (SSSR count). The maximum atomic E-state index is 13.6. The van der Waals surface area contributed by atoms with Gasteiger partial charge in [-0.15, -0.1) is 11.3 Å². The molecule has 0 saturated carbocycles. The van der Waals surface area contributed by atoms with Gasteiger partial charge in [0, 0.05) is 10.4 Å². The van der Waals surface area contributed by atoms with Gasteiger partial charge in [-0.05, 0) is 54.1 Å². The molecule has 0 aliphatic carbocycles. The van der Waals surface area contributed by atoms with E-state index in [9.17, 15) is 9.59 Å². The molecule has 4 aromatic rings. The van der Waals surface area contributed by atoms with Crippen molar-refractivity contribution in [2.75, 3.05) is 0 Å². The Hall–Kier alpha value is -3.96. The molecule has 1 atom stereocenters. The molecular weight excluding hydrogens is 440 g/mol. The van der Waals surface area contributed by atoms with E-state index in [1.165, 1.54) is 11.3 Å². The highest BCUT2D eigenvalue weighted by Gasteiger charge is 2.21. The molecule has 2 N–H and O–H groups in total. The summed E-state index contributed by atoms with van der Waals surface area (Å²) in [6.07, 6.45) is 1.72. The van der Waals surface area contributed by atoms with Crippen LogP contribution in [0, 0.1) is 13.8 Å². The minimum Gasteiger partial charge on any atom is -0.340 e. The van der Waals surface area contributed by atoms with Crippen molar-refractivity contribution in [1.82, 2.24) is 10.6 Å². The molecule has 34 heavy (non-hydrogen) atoms. The smallest absolute Gasteiger partial charge is 0.268 e. The van der Waals surface area contributed by atoms with E-state index in [4.69, 9.17) is 0 Å². The molecule has 2 amide bonds. The number of hydrogen-bond acceptors (Lipinski definition) is 3. The first kappa shape index (κ1) is 23.2. The van der Waals surface area contributed by atoms with Crippen LogP contribution in [0.4, 0.5) is 0 Å². The topological polar surface area (TPSA) is 58.2 Å². The molecule has 1 heterocycles. The van der Waals surface area contributed by atoms with E-state index < -0.39 is 0 Å². The number of rotatable bonds is 7. The second-order valence-electron chi connectivity index (χ2n) is 8.07. The van der Waals surface area contributed by atoms with Gasteiger partial charge in [-0.3, -0.25) is 9.59 Å². The lowest BCUT2D eigenvalue weighted by Crippen LogP contribution is -2.37. The molecule has 4 nitrogen and oxygen atoms in total. The minimum atomic E-state index is -0.364. The molecule has 5 heteroatoms. The van der Waals surface area contributed by atoms with Gasteiger partial charge in [0.2, 0.25) is 0 Å². The SMILES string of the molecule is Cc1ccc(C(NC(=O)/C(=C/c2cccs2)NC(=O)c2ccccc2C)c2ccccc2)cc1. The minimum absolute atomic E-state index is 0.198. The molecule has 0 fully saturated rings. The average Bonchev–Trinajstić information content (AvgIpc) is 3.36. The van der Waals surface area contributed by atoms with Crippen LogP contribution in [-0.4, -0.2) is 11.8 Å². The van der Waals surface area contributed by atoms with E-state index in [0.29, 0.717) is 5.56 Å². The van der Waals surface area contributed by atoms with Crippen LogP contribution in [0.1, 0.15) is 43.5 Å².